The Hall–Kier alpha value is -0.930. The zero-order valence-electron chi connectivity index (χ0n) is 12.5. The van der Waals surface area contributed by atoms with E-state index in [1.807, 2.05) is 13.0 Å². The molecule has 1 aromatic rings. The summed E-state index contributed by atoms with van der Waals surface area (Å²) < 4.78 is 20.2. The molecule has 112 valence electrons. The lowest BCUT2D eigenvalue weighted by Gasteiger charge is -2.33. The monoisotopic (exact) mass is 279 g/mol. The van der Waals surface area contributed by atoms with Gasteiger partial charge in [-0.15, -0.1) is 0 Å². The summed E-state index contributed by atoms with van der Waals surface area (Å²) in [6.07, 6.45) is 5.23. The molecule has 0 spiro atoms. The smallest absolute Gasteiger partial charge is 0.129 e. The summed E-state index contributed by atoms with van der Waals surface area (Å²) in [5, 5.41) is 0. The van der Waals surface area contributed by atoms with Crippen molar-refractivity contribution >= 4 is 0 Å². The normalized spacial score (nSPS) is 26.2. The molecule has 3 heteroatoms. The van der Waals surface area contributed by atoms with E-state index in [2.05, 4.69) is 6.92 Å². The molecular formula is C17H26FNO. The zero-order chi connectivity index (χ0) is 14.5. The second-order valence-electron chi connectivity index (χ2n) is 6.04. The summed E-state index contributed by atoms with van der Waals surface area (Å²) in [4.78, 5) is 0. The molecular weight excluding hydrogens is 253 g/mol. The van der Waals surface area contributed by atoms with Crippen LogP contribution in [0.2, 0.25) is 0 Å². The van der Waals surface area contributed by atoms with Crippen LogP contribution in [0.15, 0.2) is 24.3 Å². The second kappa shape index (κ2) is 7.19. The third-order valence-electron chi connectivity index (χ3n) is 4.30. The topological polar surface area (TPSA) is 35.2 Å². The highest BCUT2D eigenvalue weighted by atomic mass is 19.1. The summed E-state index contributed by atoms with van der Waals surface area (Å²) in [5.74, 6) is 0.470. The van der Waals surface area contributed by atoms with Gasteiger partial charge in [-0.3, -0.25) is 0 Å². The van der Waals surface area contributed by atoms with Crippen LogP contribution in [0.5, 0.6) is 0 Å². The number of ether oxygens (including phenoxy) is 1. The van der Waals surface area contributed by atoms with E-state index >= 15 is 0 Å². The van der Waals surface area contributed by atoms with Gasteiger partial charge in [0.25, 0.3) is 0 Å². The molecule has 0 saturated heterocycles. The van der Waals surface area contributed by atoms with Crippen molar-refractivity contribution in [2.45, 2.75) is 64.2 Å². The molecule has 0 aromatic heterocycles. The Labute approximate surface area is 121 Å². The fraction of sp³-hybridized carbons (Fsp3) is 0.647. The van der Waals surface area contributed by atoms with Crippen LogP contribution in [0.3, 0.4) is 0 Å². The molecule has 1 aliphatic carbocycles. The first-order valence-corrected chi connectivity index (χ1v) is 7.77. The Balaban J connectivity index is 2.14. The van der Waals surface area contributed by atoms with Crippen molar-refractivity contribution in [1.82, 2.24) is 0 Å². The summed E-state index contributed by atoms with van der Waals surface area (Å²) in [5.41, 5.74) is 6.78. The summed E-state index contributed by atoms with van der Waals surface area (Å²) in [6.45, 7) is 4.28. The number of halogens is 1. The van der Waals surface area contributed by atoms with Crippen LogP contribution < -0.4 is 5.73 Å². The highest BCUT2D eigenvalue weighted by Crippen LogP contribution is 2.32. The van der Waals surface area contributed by atoms with Crippen LogP contribution in [0, 0.1) is 11.7 Å². The van der Waals surface area contributed by atoms with Crippen molar-refractivity contribution in [3.63, 3.8) is 0 Å². The number of hydrogen-bond acceptors (Lipinski definition) is 2. The Kier molecular flexibility index (Phi) is 5.55. The fourth-order valence-corrected chi connectivity index (χ4v) is 3.03. The lowest BCUT2D eigenvalue weighted by Crippen LogP contribution is -2.34. The maximum absolute atomic E-state index is 14.0. The number of benzene rings is 1. The molecule has 0 bridgehead atoms. The first-order valence-electron chi connectivity index (χ1n) is 7.77. The maximum atomic E-state index is 14.0. The molecule has 0 heterocycles. The van der Waals surface area contributed by atoms with Gasteiger partial charge >= 0.3 is 0 Å². The molecule has 2 rings (SSSR count). The van der Waals surface area contributed by atoms with Gasteiger partial charge in [0.15, 0.2) is 0 Å². The molecule has 4 unspecified atom stereocenters. The van der Waals surface area contributed by atoms with Crippen molar-refractivity contribution in [1.29, 1.82) is 0 Å². The Morgan fingerprint density at radius 1 is 1.35 bits per heavy atom. The maximum Gasteiger partial charge on any atom is 0.129 e. The minimum atomic E-state index is -0.337. The van der Waals surface area contributed by atoms with E-state index in [0.717, 1.165) is 19.3 Å². The van der Waals surface area contributed by atoms with Crippen molar-refractivity contribution < 1.29 is 9.13 Å². The Morgan fingerprint density at radius 3 is 2.75 bits per heavy atom. The molecule has 0 radical (unpaired) electrons. The first-order chi connectivity index (χ1) is 9.61. The molecule has 2 nitrogen and oxygen atoms in total. The van der Waals surface area contributed by atoms with Crippen molar-refractivity contribution in [2.75, 3.05) is 0 Å². The summed E-state index contributed by atoms with van der Waals surface area (Å²) in [7, 11) is 0. The number of hydrogen-bond donors (Lipinski definition) is 1. The minimum absolute atomic E-state index is 0.163. The largest absolute Gasteiger partial charge is 0.369 e. The zero-order valence-corrected chi connectivity index (χ0v) is 12.5. The van der Waals surface area contributed by atoms with E-state index in [9.17, 15) is 4.39 Å². The van der Waals surface area contributed by atoms with Crippen LogP contribution in [0.25, 0.3) is 0 Å². The molecule has 4 atom stereocenters. The van der Waals surface area contributed by atoms with Gasteiger partial charge in [-0.1, -0.05) is 44.9 Å². The number of nitrogens with two attached hydrogens (primary N) is 1. The van der Waals surface area contributed by atoms with Gasteiger partial charge in [0, 0.05) is 11.6 Å². The first kappa shape index (κ1) is 15.5. The minimum Gasteiger partial charge on any atom is -0.369 e. The SMILES string of the molecule is CCC(N)C(OC1CCCC(C)C1)c1ccccc1F. The lowest BCUT2D eigenvalue weighted by atomic mass is 9.88. The van der Waals surface area contributed by atoms with Crippen LogP contribution >= 0.6 is 0 Å². The van der Waals surface area contributed by atoms with Gasteiger partial charge in [-0.05, 0) is 31.2 Å². The van der Waals surface area contributed by atoms with E-state index in [0.29, 0.717) is 11.5 Å². The Bertz CT molecular complexity index is 423. The molecule has 1 aromatic carbocycles. The van der Waals surface area contributed by atoms with Gasteiger partial charge in [0.1, 0.15) is 11.9 Å². The van der Waals surface area contributed by atoms with Gasteiger partial charge < -0.3 is 10.5 Å². The van der Waals surface area contributed by atoms with E-state index in [-0.39, 0.29) is 24.1 Å². The standard InChI is InChI=1S/C17H26FNO/c1-3-16(19)17(14-9-4-5-10-15(14)18)20-13-8-6-7-12(2)11-13/h4-5,9-10,12-13,16-17H,3,6-8,11,19H2,1-2H3. The van der Waals surface area contributed by atoms with Crippen molar-refractivity contribution in [3.05, 3.63) is 35.6 Å². The van der Waals surface area contributed by atoms with Gasteiger partial charge in [-0.2, -0.15) is 0 Å². The van der Waals surface area contributed by atoms with Gasteiger partial charge in [-0.25, -0.2) is 4.39 Å². The predicted octanol–water partition coefficient (Wildman–Crippen LogP) is 4.20. The second-order valence-corrected chi connectivity index (χ2v) is 6.04. The molecule has 0 amide bonds. The molecule has 0 aliphatic heterocycles. The summed E-state index contributed by atoms with van der Waals surface area (Å²) >= 11 is 0. The highest BCUT2D eigenvalue weighted by molar-refractivity contribution is 5.21. The fourth-order valence-electron chi connectivity index (χ4n) is 3.03. The average Bonchev–Trinajstić information content (AvgIpc) is 2.45. The van der Waals surface area contributed by atoms with Crippen LogP contribution in [-0.2, 0) is 4.74 Å². The molecule has 20 heavy (non-hydrogen) atoms. The lowest BCUT2D eigenvalue weighted by molar-refractivity contribution is -0.0531. The van der Waals surface area contributed by atoms with Crippen molar-refractivity contribution in [3.8, 4) is 0 Å². The van der Waals surface area contributed by atoms with E-state index in [1.165, 1.54) is 18.9 Å². The molecule has 2 N–H and O–H groups in total. The van der Waals surface area contributed by atoms with Gasteiger partial charge in [0.05, 0.1) is 6.10 Å². The molecule has 1 saturated carbocycles. The third kappa shape index (κ3) is 3.80. The van der Waals surface area contributed by atoms with Crippen LogP contribution in [0.1, 0.15) is 57.6 Å². The quantitative estimate of drug-likeness (QED) is 0.876. The summed E-state index contributed by atoms with van der Waals surface area (Å²) in [6, 6.07) is 6.67. The van der Waals surface area contributed by atoms with Crippen LogP contribution in [-0.4, -0.2) is 12.1 Å². The van der Waals surface area contributed by atoms with Crippen molar-refractivity contribution in [2.24, 2.45) is 11.7 Å². The van der Waals surface area contributed by atoms with E-state index in [4.69, 9.17) is 10.5 Å². The molecule has 1 fully saturated rings. The highest BCUT2D eigenvalue weighted by Gasteiger charge is 2.28. The van der Waals surface area contributed by atoms with Crippen LogP contribution in [0.4, 0.5) is 4.39 Å². The molecule has 1 aliphatic rings. The predicted molar refractivity (Wildman–Crippen MR) is 79.9 cm³/mol. The Morgan fingerprint density at radius 2 is 2.10 bits per heavy atom. The average molecular weight is 279 g/mol. The van der Waals surface area contributed by atoms with Gasteiger partial charge in [0.2, 0.25) is 0 Å². The van der Waals surface area contributed by atoms with E-state index < -0.39 is 0 Å². The third-order valence-corrected chi connectivity index (χ3v) is 4.30. The number of rotatable bonds is 5. The van der Waals surface area contributed by atoms with E-state index in [1.54, 1.807) is 12.1 Å².